The molecule has 0 aliphatic carbocycles. The Hall–Kier alpha value is -7.77. The first-order valence-electron chi connectivity index (χ1n) is 48.3. The molecular weight excluding hydrogens is 2380 g/mol. The average molecular weight is 2530 g/mol. The standard InChI is InChI=1S/C28H34F2N4O3.C22H30BrN3O3.C12H16BF2NO2.C11H16N2O3.C11H18N2O.C11H17NO.C7H7NO3.C4H9I.CH2O3.ClH.2Cs.H/c1-16(2)15-36-24-9-7-8-17(3)25(24)34-26(18-12-21(30)22(31)13-20(18)29)19-14-33(11-10-23(19)32-34)27(35)37-28(4,5)6;1-14(2)13-28-18-9-7-8-15(3)19(18)26-20(23)16-12-25(11-10-17(16)24-26)21(27)29-22(4,5)6;1-11(2)12(3,4)18-13(17-11)7-5-9(15)10(16)6-8(7)14;1-11(2,3)16-10(15)13-6-5-9(14)8(7-13)12-4;1-8(2)7-14-10-6-4-5-9(3)11(10)13-12;1-8(2)7-13-10-6-4-5-9(3)11(10)12;1-5-3-2-4-6(9)7(5)8(10)11;1-4(2)3-5;2-1-4-3;;;;/h7-9,12-13,16H,10-11,14-15,31H2,1-6H3;7-9,14H,10-13H2,1-6H3;5-6H,16H2,1-4H3;8H,5-7H2,1-3H3;4-6,8,13H,7,12H2,1-3H3;4-6,8H,7,12H2,1-3H3;2-4,9H,1H3;4H,3H2,1-2H3;1,3H;1H;;;/q;;;;;;;;;;2*+1;-1/p-1. The summed E-state index contributed by atoms with van der Waals surface area (Å²) in [6.07, 6.45) is 0.147. The molecule has 43 heteroatoms. The fourth-order valence-corrected chi connectivity index (χ4v) is 14.4. The third-order valence-electron chi connectivity index (χ3n) is 22.0. The molecule has 33 nitrogen and oxygen atoms in total. The van der Waals surface area contributed by atoms with Crippen LogP contribution in [-0.2, 0) is 63.9 Å². The van der Waals surface area contributed by atoms with Crippen LogP contribution in [-0.4, -0.2) is 173 Å². The predicted octanol–water partition coefficient (Wildman–Crippen LogP) is 16.2. The summed E-state index contributed by atoms with van der Waals surface area (Å²) in [6, 6.07) is 31.1. The second kappa shape index (κ2) is 64.0. The van der Waals surface area contributed by atoms with Crippen molar-refractivity contribution in [3.8, 4) is 51.4 Å². The van der Waals surface area contributed by atoms with Crippen molar-refractivity contribution in [2.24, 2.45) is 35.4 Å². The summed E-state index contributed by atoms with van der Waals surface area (Å²) >= 11 is 6.10. The van der Waals surface area contributed by atoms with Gasteiger partial charge >= 0.3 is 169 Å². The molecule has 10 N–H and O–H groups in total. The SMILES string of the molecule is CC(C)CI.CC1(C)OB(c2cc(F)c(N)cc2F)OC1(C)C.Cc1cccc(O)c1[N+](=O)[O-].Cc1cccc(OCC(C)C)c1-n1nc2c(c1-c1cc(F)c(N)cc1F)CN(C(=O)OC(C)(C)C)CC2.Cc1cccc(OCC(C)C)c1-n1nc2c(c1Br)CN(C(=O)OC(C)(C)C)CC2.Cc1cccc(OCC(C)C)c1N.Cc1cccc(OCC(C)C)c1NN.Cl.O=CO[O-].[C-]#[N+]C1CN(C(=O)OC(C)(C)C)CCC1=O.[Cs+].[Cs+].[H-]. The summed E-state index contributed by atoms with van der Waals surface area (Å²) < 4.78 is 114. The third kappa shape index (κ3) is 43.4. The van der Waals surface area contributed by atoms with Crippen LogP contribution in [0.4, 0.5) is 60.4 Å². The zero-order valence-corrected chi connectivity index (χ0v) is 109. The van der Waals surface area contributed by atoms with Gasteiger partial charge in [-0.2, -0.15) is 10.2 Å². The van der Waals surface area contributed by atoms with Gasteiger partial charge in [-0.15, -0.1) is 12.4 Å². The Morgan fingerprint density at radius 2 is 0.967 bits per heavy atom. The number of amides is 3. The van der Waals surface area contributed by atoms with Crippen molar-refractivity contribution < 1.29 is 243 Å². The molecule has 4 aliphatic heterocycles. The number of rotatable bonds is 20. The second-order valence-corrected chi connectivity index (χ2v) is 43.1. The maximum atomic E-state index is 15.4. The fraction of sp³-hybridized carbons (Fsp3) is 0.495. The molecule has 9 aromatic rings. The molecular formula is C107H150BBrClCs2F4IN14O19. The summed E-state index contributed by atoms with van der Waals surface area (Å²) in [7, 11) is -0.926. The number of piperidine rings is 1. The van der Waals surface area contributed by atoms with E-state index >= 15 is 4.39 Å². The van der Waals surface area contributed by atoms with E-state index < -0.39 is 81.5 Å². The molecule has 150 heavy (non-hydrogen) atoms. The van der Waals surface area contributed by atoms with E-state index in [9.17, 15) is 42.5 Å². The molecule has 816 valence electrons. The van der Waals surface area contributed by atoms with Gasteiger partial charge in [-0.1, -0.05) is 152 Å². The van der Waals surface area contributed by atoms with E-state index in [0.717, 1.165) is 103 Å². The number of benzene rings is 7. The van der Waals surface area contributed by atoms with Crippen LogP contribution in [0.1, 0.15) is 217 Å². The number of halogens is 7. The molecule has 4 aliphatic rings. The van der Waals surface area contributed by atoms with Crippen molar-refractivity contribution in [3.63, 3.8) is 0 Å². The molecule has 0 spiro atoms. The first kappa shape index (κ1) is 138. The number of nitro groups is 1. The van der Waals surface area contributed by atoms with Crippen LogP contribution >= 0.6 is 50.9 Å². The summed E-state index contributed by atoms with van der Waals surface area (Å²) in [5.41, 5.74) is 27.3. The number of nitrogens with one attached hydrogen (secondary N) is 1. The van der Waals surface area contributed by atoms with Gasteiger partial charge in [0, 0.05) is 77.1 Å². The summed E-state index contributed by atoms with van der Waals surface area (Å²) in [4.78, 5) is 77.2. The first-order valence-corrected chi connectivity index (χ1v) is 50.7. The maximum Gasteiger partial charge on any atom is 1.00 e. The molecule has 1 unspecified atom stereocenters. The number of ketones is 1. The minimum atomic E-state index is -0.926. The van der Waals surface area contributed by atoms with Crippen molar-refractivity contribution in [1.82, 2.24) is 34.3 Å². The molecule has 1 atom stereocenters. The first-order chi connectivity index (χ1) is 68.5. The van der Waals surface area contributed by atoms with E-state index in [1.54, 1.807) is 75.1 Å². The van der Waals surface area contributed by atoms with Gasteiger partial charge in [-0.3, -0.25) is 30.4 Å². The minimum absolute atomic E-state index is 0. The molecule has 3 amide bonds. The van der Waals surface area contributed by atoms with Crippen molar-refractivity contribution in [2.45, 2.75) is 260 Å². The molecule has 2 aromatic heterocycles. The number of hydrogen-bond acceptors (Lipinski definition) is 26. The van der Waals surface area contributed by atoms with Crippen LogP contribution in [0.2, 0.25) is 0 Å². The Labute approximate surface area is 1030 Å². The van der Waals surface area contributed by atoms with Crippen molar-refractivity contribution >= 4 is 122 Å². The number of likely N-dealkylation sites (tertiary alicyclic amines) is 1. The number of hydrazine groups is 1. The van der Waals surface area contributed by atoms with E-state index in [2.05, 4.69) is 122 Å². The summed E-state index contributed by atoms with van der Waals surface area (Å²) in [5.74, 6) is 7.96. The third-order valence-corrected chi connectivity index (χ3v) is 24.6. The molecule has 7 aromatic carbocycles. The van der Waals surface area contributed by atoms with E-state index in [1.165, 1.54) is 15.4 Å². The number of Topliss-reactive ketones (excluding diaryl/α,β-unsaturated/α-hetero) is 1. The number of alkyl halides is 1. The number of nitrogens with zero attached hydrogens (tertiary/aromatic N) is 9. The number of aromatic hydroxyl groups is 1. The predicted molar refractivity (Wildman–Crippen MR) is 584 cm³/mol. The Kier molecular flexibility index (Phi) is 59.0. The van der Waals surface area contributed by atoms with Crippen molar-refractivity contribution in [2.75, 3.05) is 79.7 Å². The maximum absolute atomic E-state index is 15.4. The van der Waals surface area contributed by atoms with Crippen LogP contribution in [0.3, 0.4) is 0 Å². The Bertz CT molecular complexity index is 5930. The molecule has 2 fully saturated rings. The number of nitro benzene ring substituents is 1. The number of aromatic nitrogens is 4. The number of anilines is 4. The van der Waals surface area contributed by atoms with Gasteiger partial charge in [0.25, 0.3) is 12.5 Å². The number of ether oxygens (including phenoxy) is 7. The number of nitrogens with two attached hydrogens (primary N) is 4. The number of carbonyl (C=O) groups is 5. The molecule has 13 rings (SSSR count). The summed E-state index contributed by atoms with van der Waals surface area (Å²) in [5, 5.41) is 37.4. The van der Waals surface area contributed by atoms with Gasteiger partial charge in [-0.05, 0) is 241 Å². The van der Waals surface area contributed by atoms with Gasteiger partial charge < -0.3 is 96.4 Å². The molecule has 0 bridgehead atoms. The summed E-state index contributed by atoms with van der Waals surface area (Å²) in [6.45, 7) is 65.9. The van der Waals surface area contributed by atoms with Crippen LogP contribution < -0.4 is 196 Å². The van der Waals surface area contributed by atoms with Crippen LogP contribution in [0, 0.1) is 104 Å². The zero-order chi connectivity index (χ0) is 111. The van der Waals surface area contributed by atoms with E-state index in [-0.39, 0.29) is 229 Å². The van der Waals surface area contributed by atoms with Crippen LogP contribution in [0.15, 0.2) is 120 Å². The van der Waals surface area contributed by atoms with Crippen LogP contribution in [0.25, 0.3) is 27.5 Å². The van der Waals surface area contributed by atoms with Gasteiger partial charge in [-0.25, -0.2) is 47.9 Å². The van der Waals surface area contributed by atoms with Crippen molar-refractivity contribution in [1.29, 1.82) is 0 Å². The smallest absolute Gasteiger partial charge is 1.00 e. The normalized spacial score (nSPS) is 14.0. The van der Waals surface area contributed by atoms with E-state index in [1.807, 2.05) is 154 Å². The fourth-order valence-electron chi connectivity index (χ4n) is 13.8. The minimum Gasteiger partial charge on any atom is -1.00 e. The average Bonchev–Trinajstić information content (AvgIpc) is 1.59. The molecule has 0 saturated carbocycles. The number of phenolic OH excluding ortho intramolecular Hbond substituents is 1. The molecule has 2 saturated heterocycles. The number of hydrogen-bond donors (Lipinski definition) is 6. The quantitative estimate of drug-likeness (QED) is 0.00335. The topological polar surface area (TPSA) is 430 Å². The van der Waals surface area contributed by atoms with Gasteiger partial charge in [0.05, 0.1) is 95.5 Å². The monoisotopic (exact) mass is 2530 g/mol. The van der Waals surface area contributed by atoms with E-state index in [4.69, 9.17) is 97.4 Å². The van der Waals surface area contributed by atoms with Gasteiger partial charge in [0.15, 0.2) is 5.75 Å². The molecule has 6 heterocycles. The van der Waals surface area contributed by atoms with E-state index in [0.29, 0.717) is 117 Å². The van der Waals surface area contributed by atoms with Gasteiger partial charge in [0.1, 0.15) is 85.6 Å². The number of carbonyl (C=O) groups excluding carboxylic acids is 5. The molecule has 0 radical (unpaired) electrons. The van der Waals surface area contributed by atoms with Crippen molar-refractivity contribution in [3.05, 3.63) is 215 Å². The number of fused-ring (bicyclic) bond motifs is 2. The number of aryl methyl sites for hydroxylation is 5. The van der Waals surface area contributed by atoms with Crippen LogP contribution in [0.5, 0.6) is 28.7 Å². The van der Waals surface area contributed by atoms with Gasteiger partial charge in [0.2, 0.25) is 5.78 Å². The Morgan fingerprint density at radius 1 is 0.593 bits per heavy atom. The Morgan fingerprint density at radius 3 is 1.39 bits per heavy atom. The second-order valence-electron chi connectivity index (χ2n) is 41.4. The number of phenols is 1. The number of para-hydroxylation sites is 5. The zero-order valence-electron chi connectivity index (χ0n) is 93.3. The number of nitrogen functional groups attached to an aromatic ring is 4. The largest absolute Gasteiger partial charge is 1.00 e. The Balaban J connectivity index is 0.000000898.